The van der Waals surface area contributed by atoms with Crippen LogP contribution in [0.5, 0.6) is 0 Å². The minimum Gasteiger partial charge on any atom is -0.328 e. The van der Waals surface area contributed by atoms with Crippen molar-refractivity contribution in [3.05, 3.63) is 71.5 Å². The lowest BCUT2D eigenvalue weighted by Crippen LogP contribution is -2.33. The average Bonchev–Trinajstić information content (AvgIpc) is 3.18. The molecule has 2 aromatic heterocycles. The fourth-order valence-electron chi connectivity index (χ4n) is 3.50. The second-order valence-corrected chi connectivity index (χ2v) is 7.42. The van der Waals surface area contributed by atoms with Crippen molar-refractivity contribution >= 4 is 34.8 Å². The van der Waals surface area contributed by atoms with Gasteiger partial charge in [-0.1, -0.05) is 12.1 Å². The summed E-state index contributed by atoms with van der Waals surface area (Å²) in [5.74, 6) is -5.26. The van der Waals surface area contributed by atoms with E-state index in [1.807, 2.05) is 0 Å². The fraction of sp³-hybridized carbons (Fsp3) is 0.182. The number of anilines is 4. The largest absolute Gasteiger partial charge is 0.458 e. The number of aromatic nitrogens is 2. The molecule has 1 aliphatic rings. The van der Waals surface area contributed by atoms with Crippen LogP contribution in [0.1, 0.15) is 21.5 Å². The molecular formula is C22H16F5N5O2. The zero-order valence-corrected chi connectivity index (χ0v) is 17.5. The monoisotopic (exact) mass is 477 g/mol. The summed E-state index contributed by atoms with van der Waals surface area (Å²) in [6.07, 6.45) is -2.68. The molecule has 3 heterocycles. The normalized spacial score (nSPS) is 13.3. The predicted molar refractivity (Wildman–Crippen MR) is 113 cm³/mol. The molecule has 4 rings (SSSR count). The number of hydrogen-bond acceptors (Lipinski definition) is 5. The van der Waals surface area contributed by atoms with Crippen LogP contribution >= 0.6 is 0 Å². The molecule has 0 radical (unpaired) electrons. The van der Waals surface area contributed by atoms with Crippen molar-refractivity contribution in [3.8, 4) is 0 Å². The molecule has 34 heavy (non-hydrogen) atoms. The fourth-order valence-corrected chi connectivity index (χ4v) is 3.50. The van der Waals surface area contributed by atoms with Gasteiger partial charge in [-0.25, -0.2) is 9.97 Å². The van der Waals surface area contributed by atoms with Crippen LogP contribution in [0.15, 0.2) is 54.9 Å². The van der Waals surface area contributed by atoms with E-state index >= 15 is 0 Å². The molecule has 0 saturated heterocycles. The molecule has 0 aliphatic carbocycles. The third-order valence-corrected chi connectivity index (χ3v) is 5.20. The van der Waals surface area contributed by atoms with Gasteiger partial charge in [0.1, 0.15) is 11.6 Å². The van der Waals surface area contributed by atoms with Crippen LogP contribution in [-0.4, -0.2) is 35.0 Å². The van der Waals surface area contributed by atoms with Gasteiger partial charge >= 0.3 is 12.1 Å². The van der Waals surface area contributed by atoms with Crippen molar-refractivity contribution in [2.45, 2.75) is 18.5 Å². The van der Waals surface area contributed by atoms with Crippen molar-refractivity contribution in [1.82, 2.24) is 9.97 Å². The van der Waals surface area contributed by atoms with Gasteiger partial charge in [-0.15, -0.1) is 0 Å². The van der Waals surface area contributed by atoms with Crippen LogP contribution in [0, 0.1) is 0 Å². The number of pyridine rings is 2. The molecule has 3 aromatic rings. The van der Waals surface area contributed by atoms with Crippen molar-refractivity contribution < 1.29 is 31.5 Å². The van der Waals surface area contributed by atoms with E-state index in [0.717, 1.165) is 12.1 Å². The van der Waals surface area contributed by atoms with Crippen LogP contribution < -0.4 is 15.5 Å². The van der Waals surface area contributed by atoms with Crippen molar-refractivity contribution in [3.63, 3.8) is 0 Å². The summed E-state index contributed by atoms with van der Waals surface area (Å²) >= 11 is 0. The first-order valence-electron chi connectivity index (χ1n) is 9.82. The number of nitrogens with zero attached hydrogens (tertiary/aromatic N) is 3. The average molecular weight is 477 g/mol. The molecule has 2 N–H and O–H groups in total. The number of amides is 2. The van der Waals surface area contributed by atoms with Crippen molar-refractivity contribution in [1.29, 1.82) is 0 Å². The number of rotatable bonds is 5. The van der Waals surface area contributed by atoms with E-state index in [9.17, 15) is 31.5 Å². The molecule has 0 saturated carbocycles. The molecule has 2 amide bonds. The Morgan fingerprint density at radius 1 is 1.03 bits per heavy atom. The highest BCUT2D eigenvalue weighted by Crippen LogP contribution is 2.44. The lowest BCUT2D eigenvalue weighted by Gasteiger charge is -2.23. The maximum Gasteiger partial charge on any atom is 0.458 e. The Balaban J connectivity index is 1.59. The number of halogens is 5. The third-order valence-electron chi connectivity index (χ3n) is 5.20. The van der Waals surface area contributed by atoms with Crippen molar-refractivity contribution in [2.24, 2.45) is 0 Å². The van der Waals surface area contributed by atoms with Gasteiger partial charge in [0.15, 0.2) is 0 Å². The second-order valence-electron chi connectivity index (χ2n) is 7.42. The van der Waals surface area contributed by atoms with E-state index in [4.69, 9.17) is 0 Å². The minimum atomic E-state index is -5.74. The third kappa shape index (κ3) is 4.14. The number of carbonyl (C=O) groups excluding carboxylic acids is 2. The van der Waals surface area contributed by atoms with Gasteiger partial charge in [0, 0.05) is 36.3 Å². The highest BCUT2D eigenvalue weighted by atomic mass is 19.4. The molecule has 0 atom stereocenters. The predicted octanol–water partition coefficient (Wildman–Crippen LogP) is 4.65. The van der Waals surface area contributed by atoms with Gasteiger partial charge in [-0.05, 0) is 30.3 Å². The Hall–Kier alpha value is -4.09. The summed E-state index contributed by atoms with van der Waals surface area (Å²) in [5.41, 5.74) is 0.110. The highest BCUT2D eigenvalue weighted by molar-refractivity contribution is 6.08. The van der Waals surface area contributed by atoms with Crippen LogP contribution in [0.25, 0.3) is 0 Å². The van der Waals surface area contributed by atoms with E-state index in [0.29, 0.717) is 29.2 Å². The molecular weight excluding hydrogens is 461 g/mol. The topological polar surface area (TPSA) is 87.2 Å². The molecule has 176 valence electrons. The quantitative estimate of drug-likeness (QED) is 0.523. The first-order chi connectivity index (χ1) is 16.0. The van der Waals surface area contributed by atoms with E-state index in [1.165, 1.54) is 24.5 Å². The summed E-state index contributed by atoms with van der Waals surface area (Å²) in [6, 6.07) is 7.77. The van der Waals surface area contributed by atoms with E-state index < -0.39 is 23.6 Å². The first kappa shape index (κ1) is 23.1. The van der Waals surface area contributed by atoms with E-state index in [1.54, 1.807) is 18.0 Å². The Kier molecular flexibility index (Phi) is 5.67. The summed E-state index contributed by atoms with van der Waals surface area (Å²) in [4.78, 5) is 34.7. The molecule has 0 fully saturated rings. The van der Waals surface area contributed by atoms with E-state index in [-0.39, 0.29) is 29.4 Å². The van der Waals surface area contributed by atoms with Crippen molar-refractivity contribution in [2.75, 3.05) is 22.6 Å². The van der Waals surface area contributed by atoms with Gasteiger partial charge in [0.05, 0.1) is 17.7 Å². The van der Waals surface area contributed by atoms with Gasteiger partial charge in [0.25, 0.3) is 5.91 Å². The lowest BCUT2D eigenvalue weighted by atomic mass is 10.1. The Morgan fingerprint density at radius 2 is 1.74 bits per heavy atom. The highest BCUT2D eigenvalue weighted by Gasteiger charge is 2.58. The number of nitrogens with one attached hydrogen (secondary N) is 2. The standard InChI is InChI=1S/C22H16F5N5O2/c1-32(16-8-10-28-18-15(16)11-17(33)31-18)19-14(3-2-9-29-19)20(34)30-13-6-4-12(5-7-13)21(23,24)22(25,26)27/h2-10H,11H2,1H3,(H,30,34)(H,28,31,33). The first-order valence-corrected chi connectivity index (χ1v) is 9.82. The van der Waals surface area contributed by atoms with Crippen LogP contribution in [0.3, 0.4) is 0 Å². The second kappa shape index (κ2) is 8.36. The van der Waals surface area contributed by atoms with E-state index in [2.05, 4.69) is 20.6 Å². The molecule has 1 aliphatic heterocycles. The summed E-state index contributed by atoms with van der Waals surface area (Å²) < 4.78 is 64.6. The van der Waals surface area contributed by atoms with Gasteiger partial charge in [-0.2, -0.15) is 22.0 Å². The minimum absolute atomic E-state index is 0.0174. The summed E-state index contributed by atoms with van der Waals surface area (Å²) in [6.45, 7) is 0. The molecule has 7 nitrogen and oxygen atoms in total. The summed E-state index contributed by atoms with van der Waals surface area (Å²) in [7, 11) is 1.64. The maximum absolute atomic E-state index is 13.5. The molecule has 0 bridgehead atoms. The zero-order chi connectivity index (χ0) is 24.7. The van der Waals surface area contributed by atoms with Crippen LogP contribution in [0.4, 0.5) is 45.0 Å². The number of benzene rings is 1. The number of alkyl halides is 5. The SMILES string of the molecule is CN(c1ccnc2c1CC(=O)N2)c1ncccc1C(=O)Nc1ccc(C(F)(F)C(F)(F)F)cc1. The zero-order valence-electron chi connectivity index (χ0n) is 17.5. The number of carbonyl (C=O) groups is 2. The molecule has 0 unspecified atom stereocenters. The molecule has 12 heteroatoms. The van der Waals surface area contributed by atoms with Gasteiger partial charge in [0.2, 0.25) is 5.91 Å². The van der Waals surface area contributed by atoms with Gasteiger partial charge < -0.3 is 15.5 Å². The Bertz CT molecular complexity index is 1260. The number of hydrogen-bond donors (Lipinski definition) is 2. The lowest BCUT2D eigenvalue weighted by molar-refractivity contribution is -0.289. The maximum atomic E-state index is 13.5. The molecule has 1 aromatic carbocycles. The Morgan fingerprint density at radius 3 is 2.41 bits per heavy atom. The van der Waals surface area contributed by atoms with Crippen LogP contribution in [0.2, 0.25) is 0 Å². The Labute approximate surface area is 189 Å². The van der Waals surface area contributed by atoms with Gasteiger partial charge in [-0.3, -0.25) is 9.59 Å². The number of fused-ring (bicyclic) bond motifs is 1. The summed E-state index contributed by atoms with van der Waals surface area (Å²) in [5, 5.41) is 5.11. The molecule has 0 spiro atoms. The van der Waals surface area contributed by atoms with Crippen LogP contribution in [-0.2, 0) is 17.1 Å². The smallest absolute Gasteiger partial charge is 0.328 e.